The van der Waals surface area contributed by atoms with E-state index in [1.165, 1.54) is 0 Å². The largest absolute Gasteiger partial charge is 0.373 e. The molecule has 3 rings (SSSR count). The zero-order chi connectivity index (χ0) is 16.1. The number of rotatable bonds is 4. The molecular weight excluding hydrogens is 286 g/mol. The van der Waals surface area contributed by atoms with E-state index < -0.39 is 0 Å². The van der Waals surface area contributed by atoms with Crippen LogP contribution in [0.3, 0.4) is 0 Å². The monoisotopic (exact) mass is 305 g/mol. The number of aromatic nitrogens is 1. The van der Waals surface area contributed by atoms with Gasteiger partial charge in [0.25, 0.3) is 5.91 Å². The average molecular weight is 305 g/mol. The van der Waals surface area contributed by atoms with E-state index in [2.05, 4.69) is 22.1 Å². The average Bonchev–Trinajstić information content (AvgIpc) is 3.44. The standard InChI is InChI=1S/C19H19N3O/c1-20-18-14-16(11-12-21-18)19(23)22(17-9-10-17)13-5-8-15-6-3-2-4-7-15/h2-4,6-7,11-12,14,17H,9-10,13H2,1H3,(H,20,21). The van der Waals surface area contributed by atoms with E-state index in [9.17, 15) is 4.79 Å². The van der Waals surface area contributed by atoms with E-state index >= 15 is 0 Å². The van der Waals surface area contributed by atoms with E-state index in [-0.39, 0.29) is 5.91 Å². The summed E-state index contributed by atoms with van der Waals surface area (Å²) in [5.41, 5.74) is 1.62. The smallest absolute Gasteiger partial charge is 0.255 e. The molecule has 1 amide bonds. The zero-order valence-electron chi connectivity index (χ0n) is 13.1. The molecule has 0 unspecified atom stereocenters. The second-order valence-electron chi connectivity index (χ2n) is 5.51. The van der Waals surface area contributed by atoms with Gasteiger partial charge in [0, 0.05) is 30.4 Å². The molecule has 1 saturated carbocycles. The van der Waals surface area contributed by atoms with Crippen LogP contribution < -0.4 is 5.32 Å². The van der Waals surface area contributed by atoms with E-state index in [4.69, 9.17) is 0 Å². The topological polar surface area (TPSA) is 45.2 Å². The Morgan fingerprint density at radius 3 is 2.78 bits per heavy atom. The van der Waals surface area contributed by atoms with Crippen LogP contribution in [0.15, 0.2) is 48.7 Å². The molecule has 4 heteroatoms. The van der Waals surface area contributed by atoms with Crippen molar-refractivity contribution in [2.24, 2.45) is 0 Å². The number of carbonyl (C=O) groups is 1. The van der Waals surface area contributed by atoms with Gasteiger partial charge in [-0.1, -0.05) is 30.0 Å². The van der Waals surface area contributed by atoms with Gasteiger partial charge in [0.05, 0.1) is 6.54 Å². The van der Waals surface area contributed by atoms with Gasteiger partial charge >= 0.3 is 0 Å². The SMILES string of the molecule is CNc1cc(C(=O)N(CC#Cc2ccccc2)C2CC2)ccn1. The van der Waals surface area contributed by atoms with Gasteiger partial charge in [0.15, 0.2) is 0 Å². The van der Waals surface area contributed by atoms with Crippen molar-refractivity contribution in [2.75, 3.05) is 18.9 Å². The summed E-state index contributed by atoms with van der Waals surface area (Å²) < 4.78 is 0. The van der Waals surface area contributed by atoms with Gasteiger partial charge in [0.1, 0.15) is 5.82 Å². The molecule has 23 heavy (non-hydrogen) atoms. The van der Waals surface area contributed by atoms with E-state index in [0.29, 0.717) is 24.0 Å². The molecule has 116 valence electrons. The Bertz CT molecular complexity index is 742. The number of nitrogens with one attached hydrogen (secondary N) is 1. The Hall–Kier alpha value is -2.80. The van der Waals surface area contributed by atoms with Crippen LogP contribution in [0.1, 0.15) is 28.8 Å². The van der Waals surface area contributed by atoms with Crippen molar-refractivity contribution in [1.29, 1.82) is 0 Å². The molecule has 1 aromatic heterocycles. The Balaban J connectivity index is 1.74. The van der Waals surface area contributed by atoms with Gasteiger partial charge in [-0.3, -0.25) is 4.79 Å². The first-order valence-electron chi connectivity index (χ1n) is 7.76. The molecule has 0 radical (unpaired) electrons. The van der Waals surface area contributed by atoms with Gasteiger partial charge in [-0.25, -0.2) is 4.98 Å². The lowest BCUT2D eigenvalue weighted by Crippen LogP contribution is -2.33. The third-order valence-corrected chi connectivity index (χ3v) is 3.77. The van der Waals surface area contributed by atoms with Crippen LogP contribution in [0.25, 0.3) is 0 Å². The van der Waals surface area contributed by atoms with Crippen LogP contribution in [0.5, 0.6) is 0 Å². The maximum Gasteiger partial charge on any atom is 0.255 e. The molecular formula is C19H19N3O. The van der Waals surface area contributed by atoms with Crippen LogP contribution >= 0.6 is 0 Å². The molecule has 1 fully saturated rings. The minimum Gasteiger partial charge on any atom is -0.373 e. The number of carbonyl (C=O) groups excluding carboxylic acids is 1. The summed E-state index contributed by atoms with van der Waals surface area (Å²) >= 11 is 0. The summed E-state index contributed by atoms with van der Waals surface area (Å²) in [7, 11) is 1.79. The Morgan fingerprint density at radius 2 is 2.09 bits per heavy atom. The van der Waals surface area contributed by atoms with Crippen molar-refractivity contribution in [3.8, 4) is 11.8 Å². The highest BCUT2D eigenvalue weighted by Crippen LogP contribution is 2.28. The van der Waals surface area contributed by atoms with Gasteiger partial charge in [-0.2, -0.15) is 0 Å². The quantitative estimate of drug-likeness (QED) is 0.884. The van der Waals surface area contributed by atoms with Gasteiger partial charge in [-0.05, 0) is 37.1 Å². The molecule has 1 heterocycles. The number of hydrogen-bond donors (Lipinski definition) is 1. The molecule has 0 spiro atoms. The van der Waals surface area contributed by atoms with Crippen LogP contribution in [0, 0.1) is 11.8 Å². The highest BCUT2D eigenvalue weighted by molar-refractivity contribution is 5.95. The lowest BCUT2D eigenvalue weighted by Gasteiger charge is -2.20. The summed E-state index contributed by atoms with van der Waals surface area (Å²) in [6, 6.07) is 13.7. The minimum atomic E-state index is 0.0220. The fourth-order valence-corrected chi connectivity index (χ4v) is 2.37. The number of pyridine rings is 1. The maximum absolute atomic E-state index is 12.7. The van der Waals surface area contributed by atoms with Gasteiger partial charge in [-0.15, -0.1) is 0 Å². The number of amides is 1. The molecule has 2 aromatic rings. The Labute approximate surface area is 136 Å². The summed E-state index contributed by atoms with van der Waals surface area (Å²) in [5, 5.41) is 2.96. The predicted octanol–water partition coefficient (Wildman–Crippen LogP) is 2.78. The molecule has 1 N–H and O–H groups in total. The molecule has 1 aliphatic carbocycles. The van der Waals surface area contributed by atoms with Crippen molar-refractivity contribution >= 4 is 11.7 Å². The lowest BCUT2D eigenvalue weighted by molar-refractivity contribution is 0.0765. The fourth-order valence-electron chi connectivity index (χ4n) is 2.37. The molecule has 1 aliphatic rings. The van der Waals surface area contributed by atoms with Crippen molar-refractivity contribution in [2.45, 2.75) is 18.9 Å². The molecule has 0 saturated heterocycles. The second-order valence-corrected chi connectivity index (χ2v) is 5.51. The first kappa shape index (κ1) is 15.1. The van der Waals surface area contributed by atoms with Crippen LogP contribution in [-0.2, 0) is 0 Å². The molecule has 4 nitrogen and oxygen atoms in total. The number of nitrogens with zero attached hydrogens (tertiary/aromatic N) is 2. The predicted molar refractivity (Wildman–Crippen MR) is 91.2 cm³/mol. The maximum atomic E-state index is 12.7. The molecule has 1 aromatic carbocycles. The van der Waals surface area contributed by atoms with Gasteiger partial charge < -0.3 is 10.2 Å². The first-order chi connectivity index (χ1) is 11.3. The van der Waals surface area contributed by atoms with Crippen LogP contribution in [0.4, 0.5) is 5.82 Å². The van der Waals surface area contributed by atoms with Crippen molar-refractivity contribution < 1.29 is 4.79 Å². The Kier molecular flexibility index (Phi) is 4.58. The summed E-state index contributed by atoms with van der Waals surface area (Å²) in [6.07, 6.45) is 3.77. The van der Waals surface area contributed by atoms with E-state index in [0.717, 1.165) is 18.4 Å². The van der Waals surface area contributed by atoms with Crippen molar-refractivity contribution in [3.63, 3.8) is 0 Å². The first-order valence-corrected chi connectivity index (χ1v) is 7.76. The van der Waals surface area contributed by atoms with E-state index in [1.54, 1.807) is 25.4 Å². The Morgan fingerprint density at radius 1 is 1.30 bits per heavy atom. The van der Waals surface area contributed by atoms with Crippen molar-refractivity contribution in [1.82, 2.24) is 9.88 Å². The van der Waals surface area contributed by atoms with Gasteiger partial charge in [0.2, 0.25) is 0 Å². The number of anilines is 1. The van der Waals surface area contributed by atoms with Crippen molar-refractivity contribution in [3.05, 3.63) is 59.8 Å². The second kappa shape index (κ2) is 6.97. The summed E-state index contributed by atoms with van der Waals surface area (Å²) in [5.74, 6) is 6.96. The van der Waals surface area contributed by atoms with Crippen LogP contribution in [-0.4, -0.2) is 35.4 Å². The third-order valence-electron chi connectivity index (χ3n) is 3.77. The normalized spacial score (nSPS) is 12.9. The molecule has 0 bridgehead atoms. The third kappa shape index (κ3) is 3.89. The number of benzene rings is 1. The molecule has 0 atom stereocenters. The van der Waals surface area contributed by atoms with Crippen LogP contribution in [0.2, 0.25) is 0 Å². The summed E-state index contributed by atoms with van der Waals surface area (Å²) in [4.78, 5) is 18.8. The zero-order valence-corrected chi connectivity index (χ0v) is 13.1. The fraction of sp³-hybridized carbons (Fsp3) is 0.263. The lowest BCUT2D eigenvalue weighted by atomic mass is 10.2. The highest BCUT2D eigenvalue weighted by Gasteiger charge is 2.32. The minimum absolute atomic E-state index is 0.0220. The highest BCUT2D eigenvalue weighted by atomic mass is 16.2. The summed E-state index contributed by atoms with van der Waals surface area (Å²) in [6.45, 7) is 0.454. The molecule has 0 aliphatic heterocycles. The van der Waals surface area contributed by atoms with E-state index in [1.807, 2.05) is 35.2 Å². The number of hydrogen-bond acceptors (Lipinski definition) is 3.